The normalized spacial score (nSPS) is 17.2. The largest absolute Gasteiger partial charge is 0.508 e. The first kappa shape index (κ1) is 14.6. The van der Waals surface area contributed by atoms with E-state index in [1.807, 2.05) is 13.8 Å². The molecule has 1 aliphatic rings. The second-order valence-electron chi connectivity index (χ2n) is 5.58. The molecule has 1 aromatic heterocycles. The molecule has 0 unspecified atom stereocenters. The van der Waals surface area contributed by atoms with Crippen LogP contribution in [0.1, 0.15) is 42.5 Å². The number of hydrogen-bond acceptors (Lipinski definition) is 3. The van der Waals surface area contributed by atoms with Crippen LogP contribution in [-0.4, -0.2) is 20.8 Å². The third-order valence-corrected chi connectivity index (χ3v) is 3.97. The predicted octanol–water partition coefficient (Wildman–Crippen LogP) is 2.92. The second-order valence-corrected chi connectivity index (χ2v) is 5.58. The number of rotatable bonds is 3. The van der Waals surface area contributed by atoms with Gasteiger partial charge in [-0.15, -0.1) is 0 Å². The van der Waals surface area contributed by atoms with Gasteiger partial charge in [0.15, 0.2) is 0 Å². The number of phenolic OH excluding ortho intramolecular Hbond substituents is 1. The molecule has 1 aliphatic heterocycles. The molecule has 2 heterocycles. The summed E-state index contributed by atoms with van der Waals surface area (Å²) in [6.45, 7) is 4.63. The fraction of sp³-hybridized carbons (Fsp3) is 0.375. The molecular weight excluding hydrogens is 285 g/mol. The van der Waals surface area contributed by atoms with Crippen LogP contribution < -0.4 is 5.32 Å². The number of fused-ring (bicyclic) bond motifs is 1. The first-order chi connectivity index (χ1) is 10.5. The molecule has 6 heteroatoms. The number of aryl methyl sites for hydroxylation is 2. The van der Waals surface area contributed by atoms with Crippen molar-refractivity contribution in [2.75, 3.05) is 5.32 Å². The van der Waals surface area contributed by atoms with Gasteiger partial charge in [-0.2, -0.15) is 5.10 Å². The SMILES string of the molecule is CCCn1nc(C)c2c1NC(=O)C[C@@H]2c1ccc(F)cc1O. The van der Waals surface area contributed by atoms with Gasteiger partial charge in [0, 0.05) is 36.1 Å². The molecule has 0 saturated heterocycles. The summed E-state index contributed by atoms with van der Waals surface area (Å²) < 4.78 is 15.0. The Hall–Kier alpha value is -2.37. The maximum absolute atomic E-state index is 13.2. The Labute approximate surface area is 127 Å². The van der Waals surface area contributed by atoms with E-state index in [0.717, 1.165) is 23.7 Å². The zero-order valence-electron chi connectivity index (χ0n) is 12.6. The Morgan fingerprint density at radius 2 is 2.27 bits per heavy atom. The van der Waals surface area contributed by atoms with Crippen LogP contribution in [-0.2, 0) is 11.3 Å². The predicted molar refractivity (Wildman–Crippen MR) is 80.4 cm³/mol. The number of nitrogens with zero attached hydrogens (tertiary/aromatic N) is 2. The molecular formula is C16H18FN3O2. The van der Waals surface area contributed by atoms with E-state index in [1.54, 1.807) is 4.68 Å². The lowest BCUT2D eigenvalue weighted by molar-refractivity contribution is -0.116. The molecule has 116 valence electrons. The zero-order chi connectivity index (χ0) is 15.9. The maximum atomic E-state index is 13.2. The van der Waals surface area contributed by atoms with Crippen LogP contribution in [0.3, 0.4) is 0 Å². The van der Waals surface area contributed by atoms with Crippen LogP contribution in [0.2, 0.25) is 0 Å². The summed E-state index contributed by atoms with van der Waals surface area (Å²) in [5.41, 5.74) is 2.27. The molecule has 0 aliphatic carbocycles. The van der Waals surface area contributed by atoms with Gasteiger partial charge in [-0.05, 0) is 19.4 Å². The maximum Gasteiger partial charge on any atom is 0.226 e. The van der Waals surface area contributed by atoms with E-state index in [1.165, 1.54) is 12.1 Å². The highest BCUT2D eigenvalue weighted by atomic mass is 19.1. The van der Waals surface area contributed by atoms with Crippen LogP contribution in [0.5, 0.6) is 5.75 Å². The Bertz CT molecular complexity index is 739. The quantitative estimate of drug-likeness (QED) is 0.916. The molecule has 5 nitrogen and oxygen atoms in total. The number of nitrogens with one attached hydrogen (secondary N) is 1. The molecule has 1 atom stereocenters. The van der Waals surface area contributed by atoms with Crippen molar-refractivity contribution < 1.29 is 14.3 Å². The van der Waals surface area contributed by atoms with E-state index in [0.29, 0.717) is 17.9 Å². The Morgan fingerprint density at radius 1 is 1.50 bits per heavy atom. The van der Waals surface area contributed by atoms with Gasteiger partial charge in [-0.3, -0.25) is 4.79 Å². The Morgan fingerprint density at radius 3 is 2.95 bits per heavy atom. The van der Waals surface area contributed by atoms with E-state index in [2.05, 4.69) is 10.4 Å². The number of benzene rings is 1. The molecule has 0 bridgehead atoms. The monoisotopic (exact) mass is 303 g/mol. The van der Waals surface area contributed by atoms with Crippen molar-refractivity contribution >= 4 is 11.7 Å². The topological polar surface area (TPSA) is 67.2 Å². The summed E-state index contributed by atoms with van der Waals surface area (Å²) in [4.78, 5) is 12.0. The number of aromatic hydroxyl groups is 1. The van der Waals surface area contributed by atoms with Gasteiger partial charge in [-0.25, -0.2) is 9.07 Å². The van der Waals surface area contributed by atoms with Gasteiger partial charge in [0.2, 0.25) is 5.91 Å². The van der Waals surface area contributed by atoms with Crippen molar-refractivity contribution in [1.82, 2.24) is 9.78 Å². The molecule has 0 spiro atoms. The van der Waals surface area contributed by atoms with Gasteiger partial charge >= 0.3 is 0 Å². The molecule has 2 N–H and O–H groups in total. The number of amides is 1. The van der Waals surface area contributed by atoms with Gasteiger partial charge in [0.1, 0.15) is 17.4 Å². The summed E-state index contributed by atoms with van der Waals surface area (Å²) in [7, 11) is 0. The lowest BCUT2D eigenvalue weighted by Gasteiger charge is -2.25. The highest BCUT2D eigenvalue weighted by molar-refractivity contribution is 5.94. The Balaban J connectivity index is 2.13. The molecule has 0 radical (unpaired) electrons. The highest BCUT2D eigenvalue weighted by Gasteiger charge is 2.33. The summed E-state index contributed by atoms with van der Waals surface area (Å²) in [6, 6.07) is 3.91. The third kappa shape index (κ3) is 2.34. The summed E-state index contributed by atoms with van der Waals surface area (Å²) in [5.74, 6) is -0.383. The fourth-order valence-electron chi connectivity index (χ4n) is 3.07. The number of halogens is 1. The highest BCUT2D eigenvalue weighted by Crippen LogP contribution is 2.42. The van der Waals surface area contributed by atoms with Gasteiger partial charge in [0.05, 0.1) is 5.69 Å². The van der Waals surface area contributed by atoms with Gasteiger partial charge in [-0.1, -0.05) is 13.0 Å². The molecule has 3 rings (SSSR count). The molecule has 0 saturated carbocycles. The van der Waals surface area contributed by atoms with Crippen LogP contribution in [0.25, 0.3) is 0 Å². The Kier molecular flexibility index (Phi) is 3.60. The first-order valence-corrected chi connectivity index (χ1v) is 7.36. The average Bonchev–Trinajstić information content (AvgIpc) is 2.75. The molecule has 1 amide bonds. The van der Waals surface area contributed by atoms with E-state index in [9.17, 15) is 14.3 Å². The number of hydrogen-bond donors (Lipinski definition) is 2. The number of carbonyl (C=O) groups is 1. The van der Waals surface area contributed by atoms with E-state index >= 15 is 0 Å². The summed E-state index contributed by atoms with van der Waals surface area (Å²) in [6.07, 6.45) is 1.11. The lowest BCUT2D eigenvalue weighted by Crippen LogP contribution is -2.25. The van der Waals surface area contributed by atoms with Crippen molar-refractivity contribution in [3.05, 3.63) is 40.8 Å². The number of aromatic nitrogens is 2. The van der Waals surface area contributed by atoms with Crippen LogP contribution in [0, 0.1) is 12.7 Å². The van der Waals surface area contributed by atoms with Crippen LogP contribution in [0.15, 0.2) is 18.2 Å². The van der Waals surface area contributed by atoms with Crippen molar-refractivity contribution in [3.8, 4) is 5.75 Å². The molecule has 0 fully saturated rings. The number of anilines is 1. The van der Waals surface area contributed by atoms with E-state index in [-0.39, 0.29) is 24.0 Å². The second kappa shape index (κ2) is 5.44. The lowest BCUT2D eigenvalue weighted by atomic mass is 9.85. The smallest absolute Gasteiger partial charge is 0.226 e. The minimum atomic E-state index is -0.500. The summed E-state index contributed by atoms with van der Waals surface area (Å²) >= 11 is 0. The zero-order valence-corrected chi connectivity index (χ0v) is 12.6. The van der Waals surface area contributed by atoms with Crippen LogP contribution in [0.4, 0.5) is 10.2 Å². The fourth-order valence-corrected chi connectivity index (χ4v) is 3.07. The molecule has 1 aromatic carbocycles. The minimum absolute atomic E-state index is 0.126. The number of carbonyl (C=O) groups excluding carboxylic acids is 1. The first-order valence-electron chi connectivity index (χ1n) is 7.36. The average molecular weight is 303 g/mol. The number of phenols is 1. The van der Waals surface area contributed by atoms with E-state index in [4.69, 9.17) is 0 Å². The van der Waals surface area contributed by atoms with Gasteiger partial charge in [0.25, 0.3) is 0 Å². The molecule has 22 heavy (non-hydrogen) atoms. The third-order valence-electron chi connectivity index (χ3n) is 3.97. The standard InChI is InChI=1S/C16H18FN3O2/c1-3-6-20-16-15(9(2)19-20)12(8-14(22)18-16)11-5-4-10(17)7-13(11)21/h4-5,7,12,21H,3,6,8H2,1-2H3,(H,18,22)/t12-/m1/s1. The van der Waals surface area contributed by atoms with Crippen molar-refractivity contribution in [1.29, 1.82) is 0 Å². The van der Waals surface area contributed by atoms with Crippen LogP contribution >= 0.6 is 0 Å². The summed E-state index contributed by atoms with van der Waals surface area (Å²) in [5, 5.41) is 17.4. The van der Waals surface area contributed by atoms with Crippen molar-refractivity contribution in [3.63, 3.8) is 0 Å². The van der Waals surface area contributed by atoms with Crippen molar-refractivity contribution in [2.24, 2.45) is 0 Å². The van der Waals surface area contributed by atoms with E-state index < -0.39 is 5.82 Å². The minimum Gasteiger partial charge on any atom is -0.508 e. The van der Waals surface area contributed by atoms with Crippen molar-refractivity contribution in [2.45, 2.75) is 39.2 Å². The molecule has 2 aromatic rings. The van der Waals surface area contributed by atoms with Gasteiger partial charge < -0.3 is 10.4 Å².